The molecule has 5 fully saturated rings. The molecule has 1 heterocycles. The zero-order valence-electron chi connectivity index (χ0n) is 31.2. The lowest BCUT2D eigenvalue weighted by atomic mass is 9.32. The predicted molar refractivity (Wildman–Crippen MR) is 187 cm³/mol. The number of carbonyl (C=O) groups is 3. The van der Waals surface area contributed by atoms with Crippen LogP contribution in [0.2, 0.25) is 0 Å². The molecule has 1 N–H and O–H groups in total. The van der Waals surface area contributed by atoms with E-state index in [4.69, 9.17) is 9.84 Å². The lowest BCUT2D eigenvalue weighted by molar-refractivity contribution is -0.246. The first-order valence-electron chi connectivity index (χ1n) is 19.4. The summed E-state index contributed by atoms with van der Waals surface area (Å²) in [5, 5.41) is 9.16. The van der Waals surface area contributed by atoms with Crippen molar-refractivity contribution in [3.8, 4) is 0 Å². The number of aliphatic carboxylic acids is 1. The molecule has 4 aliphatic carbocycles. The molecule has 0 aromatic rings. The van der Waals surface area contributed by atoms with Crippen LogP contribution < -0.4 is 0 Å². The van der Waals surface area contributed by atoms with Gasteiger partial charge in [0.2, 0.25) is 5.91 Å². The first-order valence-corrected chi connectivity index (χ1v) is 19.4. The molecule has 4 saturated carbocycles. The zero-order chi connectivity index (χ0) is 34.5. The topological polar surface area (TPSA) is 83.9 Å². The van der Waals surface area contributed by atoms with Crippen molar-refractivity contribution in [2.75, 3.05) is 13.1 Å². The Balaban J connectivity index is 1.40. The van der Waals surface area contributed by atoms with Gasteiger partial charge >= 0.3 is 11.9 Å². The van der Waals surface area contributed by atoms with E-state index in [9.17, 15) is 14.4 Å². The molecule has 0 radical (unpaired) electrons. The van der Waals surface area contributed by atoms with E-state index in [0.717, 1.165) is 64.5 Å². The summed E-state index contributed by atoms with van der Waals surface area (Å²) in [4.78, 5) is 40.7. The normalized spacial score (nSPS) is 41.0. The van der Waals surface area contributed by atoms with Crippen molar-refractivity contribution in [1.29, 1.82) is 0 Å². The number of carbonyl (C=O) groups excluding carboxylic acids is 2. The number of esters is 1. The summed E-state index contributed by atoms with van der Waals surface area (Å²) in [6.07, 6.45) is 13.4. The maximum absolute atomic E-state index is 14.3. The van der Waals surface area contributed by atoms with E-state index < -0.39 is 5.97 Å². The molecule has 5 rings (SSSR count). The van der Waals surface area contributed by atoms with Gasteiger partial charge in [-0.2, -0.15) is 0 Å². The van der Waals surface area contributed by atoms with E-state index >= 15 is 0 Å². The fourth-order valence-electron chi connectivity index (χ4n) is 13.2. The van der Waals surface area contributed by atoms with Crippen LogP contribution in [0, 0.1) is 63.1 Å². The number of piperidine rings is 1. The first kappa shape index (κ1) is 36.4. The molecule has 0 bridgehead atoms. The molecule has 1 amide bonds. The molecule has 5 aliphatic rings. The van der Waals surface area contributed by atoms with Crippen LogP contribution in [0.25, 0.3) is 0 Å². The molecule has 266 valence electrons. The van der Waals surface area contributed by atoms with E-state index in [1.807, 2.05) is 6.92 Å². The van der Waals surface area contributed by atoms with Gasteiger partial charge in [0.15, 0.2) is 0 Å². The number of nitrogens with zero attached hydrogens (tertiary/aromatic N) is 1. The fourth-order valence-corrected chi connectivity index (χ4v) is 13.2. The Morgan fingerprint density at radius 3 is 2.15 bits per heavy atom. The van der Waals surface area contributed by atoms with Gasteiger partial charge in [-0.1, -0.05) is 60.6 Å². The number of carboxylic acid groups (broad SMARTS) is 1. The second kappa shape index (κ2) is 13.5. The van der Waals surface area contributed by atoms with E-state index in [2.05, 4.69) is 59.9 Å². The third kappa shape index (κ3) is 6.24. The predicted octanol–water partition coefficient (Wildman–Crippen LogP) is 9.32. The number of likely N-dealkylation sites (tertiary alicyclic amines) is 1. The average molecular weight is 654 g/mol. The minimum atomic E-state index is -0.869. The van der Waals surface area contributed by atoms with Gasteiger partial charge in [-0.25, -0.2) is 0 Å². The SMILES string of the molecule is C=C(C)C(CC)C1C(C(=O)N2CCCCC2)CC[C@]2(C)[C@@H]1CCC1C3(C)CCC(OC(=O)CC(C)CC(=O)O)C(C)(C)C3CCC12C. The van der Waals surface area contributed by atoms with E-state index in [1.165, 1.54) is 31.3 Å². The van der Waals surface area contributed by atoms with Gasteiger partial charge in [0.05, 0.1) is 0 Å². The molecule has 0 aromatic carbocycles. The van der Waals surface area contributed by atoms with Crippen LogP contribution in [0.1, 0.15) is 145 Å². The van der Waals surface area contributed by atoms with Crippen LogP contribution in [-0.4, -0.2) is 47.0 Å². The van der Waals surface area contributed by atoms with Crippen LogP contribution in [-0.2, 0) is 19.1 Å². The number of ether oxygens (including phenoxy) is 1. The number of allylic oxidation sites excluding steroid dienone is 1. The highest BCUT2D eigenvalue weighted by Crippen LogP contribution is 2.75. The number of hydrogen-bond acceptors (Lipinski definition) is 4. The quantitative estimate of drug-likeness (QED) is 0.198. The molecule has 9 unspecified atom stereocenters. The van der Waals surface area contributed by atoms with Gasteiger partial charge in [0, 0.05) is 37.3 Å². The monoisotopic (exact) mass is 654 g/mol. The number of amides is 1. The van der Waals surface area contributed by atoms with Crippen molar-refractivity contribution >= 4 is 17.8 Å². The van der Waals surface area contributed by atoms with Crippen LogP contribution in [0.15, 0.2) is 12.2 Å². The highest BCUT2D eigenvalue weighted by atomic mass is 16.5. The largest absolute Gasteiger partial charge is 0.481 e. The lowest BCUT2D eigenvalue weighted by Crippen LogP contribution is -2.67. The van der Waals surface area contributed by atoms with Crippen molar-refractivity contribution < 1.29 is 24.2 Å². The maximum atomic E-state index is 14.3. The third-order valence-corrected chi connectivity index (χ3v) is 15.6. The molecule has 11 atom stereocenters. The van der Waals surface area contributed by atoms with E-state index in [-0.39, 0.29) is 58.4 Å². The molecule has 0 spiro atoms. The molecule has 0 aromatic heterocycles. The second-order valence-electron chi connectivity index (χ2n) is 18.4. The maximum Gasteiger partial charge on any atom is 0.306 e. The molecule has 6 heteroatoms. The van der Waals surface area contributed by atoms with Gasteiger partial charge in [-0.3, -0.25) is 14.4 Å². The summed E-state index contributed by atoms with van der Waals surface area (Å²) in [5.41, 5.74) is 1.64. The Labute approximate surface area is 286 Å². The van der Waals surface area contributed by atoms with Crippen LogP contribution in [0.4, 0.5) is 0 Å². The highest BCUT2D eigenvalue weighted by molar-refractivity contribution is 5.79. The summed E-state index contributed by atoms with van der Waals surface area (Å²) in [6.45, 7) is 25.2. The van der Waals surface area contributed by atoms with Crippen molar-refractivity contribution in [1.82, 2.24) is 4.90 Å². The summed E-state index contributed by atoms with van der Waals surface area (Å²) in [7, 11) is 0. The lowest BCUT2D eigenvalue weighted by Gasteiger charge is -2.72. The van der Waals surface area contributed by atoms with Gasteiger partial charge < -0.3 is 14.7 Å². The van der Waals surface area contributed by atoms with Crippen molar-refractivity contribution in [2.24, 2.45) is 63.1 Å². The van der Waals surface area contributed by atoms with Crippen LogP contribution in [0.5, 0.6) is 0 Å². The highest BCUT2D eigenvalue weighted by Gasteiger charge is 2.69. The molecular formula is C41H67NO5. The van der Waals surface area contributed by atoms with Gasteiger partial charge in [0.1, 0.15) is 6.10 Å². The van der Waals surface area contributed by atoms with Gasteiger partial charge in [0.25, 0.3) is 0 Å². The van der Waals surface area contributed by atoms with E-state index in [1.54, 1.807) is 0 Å². The van der Waals surface area contributed by atoms with Gasteiger partial charge in [-0.15, -0.1) is 0 Å². The average Bonchev–Trinajstić information content (AvgIpc) is 2.99. The Bertz CT molecular complexity index is 1200. The molecular weight excluding hydrogens is 586 g/mol. The number of fused-ring (bicyclic) bond motifs is 5. The molecule has 1 saturated heterocycles. The minimum absolute atomic E-state index is 0.0106. The van der Waals surface area contributed by atoms with Crippen molar-refractivity contribution in [3.63, 3.8) is 0 Å². The zero-order valence-corrected chi connectivity index (χ0v) is 31.2. The summed E-state index contributed by atoms with van der Waals surface area (Å²) in [6, 6.07) is 0. The van der Waals surface area contributed by atoms with Crippen LogP contribution >= 0.6 is 0 Å². The van der Waals surface area contributed by atoms with Crippen LogP contribution in [0.3, 0.4) is 0 Å². The molecule has 1 aliphatic heterocycles. The smallest absolute Gasteiger partial charge is 0.306 e. The fraction of sp³-hybridized carbons (Fsp3) is 0.878. The molecule has 6 nitrogen and oxygen atoms in total. The van der Waals surface area contributed by atoms with E-state index in [0.29, 0.717) is 35.5 Å². The minimum Gasteiger partial charge on any atom is -0.481 e. The Kier molecular flexibility index (Phi) is 10.4. The second-order valence-corrected chi connectivity index (χ2v) is 18.4. The Morgan fingerprint density at radius 1 is 0.872 bits per heavy atom. The number of rotatable bonds is 9. The van der Waals surface area contributed by atoms with Crippen molar-refractivity contribution in [2.45, 2.75) is 151 Å². The van der Waals surface area contributed by atoms with Gasteiger partial charge in [-0.05, 0) is 136 Å². The summed E-state index contributed by atoms with van der Waals surface area (Å²) in [5.74, 6) is 1.53. The summed E-state index contributed by atoms with van der Waals surface area (Å²) >= 11 is 0. The Morgan fingerprint density at radius 2 is 1.53 bits per heavy atom. The Hall–Kier alpha value is -1.85. The third-order valence-electron chi connectivity index (χ3n) is 15.6. The number of carboxylic acids is 1. The summed E-state index contributed by atoms with van der Waals surface area (Å²) < 4.78 is 6.20. The molecule has 47 heavy (non-hydrogen) atoms. The standard InChI is InChI=1S/C41H67NO5/c1-10-28(26(2)3)36-29(37(46)42-22-12-11-13-23-42)16-20-40(8)30(36)14-15-32-39(7)19-18-33(47-35(45)25-27(4)24-34(43)44)38(5,6)31(39)17-21-41(32,40)9/h27-33,36H,2,10-25H2,1,3-9H3,(H,43,44)/t27?,28?,29?,30-,31?,32?,33?,36?,39?,40-,41?/m1/s1. The number of hydrogen-bond donors (Lipinski definition) is 1. The first-order chi connectivity index (χ1) is 22.0. The van der Waals surface area contributed by atoms with Crippen molar-refractivity contribution in [3.05, 3.63) is 12.2 Å².